The van der Waals surface area contributed by atoms with E-state index >= 15 is 0 Å². The van der Waals surface area contributed by atoms with Gasteiger partial charge in [0.25, 0.3) is 0 Å². The Morgan fingerprint density at radius 3 is 2.29 bits per heavy atom. The van der Waals surface area contributed by atoms with Crippen LogP contribution >= 0.6 is 0 Å². The van der Waals surface area contributed by atoms with Crippen LogP contribution in [-0.4, -0.2) is 22.0 Å². The Kier molecular flexibility index (Phi) is 4.62. The summed E-state index contributed by atoms with van der Waals surface area (Å²) < 4.78 is 41.9. The van der Waals surface area contributed by atoms with Crippen molar-refractivity contribution in [3.63, 3.8) is 0 Å². The smallest absolute Gasteiger partial charge is 0.154 e. The van der Waals surface area contributed by atoms with Crippen LogP contribution < -0.4 is 5.32 Å². The second kappa shape index (κ2) is 6.26. The summed E-state index contributed by atoms with van der Waals surface area (Å²) in [6, 6.07) is 1.21. The van der Waals surface area contributed by atoms with Crippen LogP contribution in [0.4, 0.5) is 13.2 Å². The molecule has 0 amide bonds. The highest BCUT2D eigenvalue weighted by Crippen LogP contribution is 2.25. The van der Waals surface area contributed by atoms with Crippen LogP contribution in [0.25, 0.3) is 5.69 Å². The maximum Gasteiger partial charge on any atom is 0.154 e. The Morgan fingerprint density at radius 2 is 1.81 bits per heavy atom. The molecule has 7 heteroatoms. The molecule has 1 heterocycles. The zero-order valence-electron chi connectivity index (χ0n) is 12.1. The van der Waals surface area contributed by atoms with E-state index in [4.69, 9.17) is 0 Å². The molecule has 0 spiro atoms. The van der Waals surface area contributed by atoms with Gasteiger partial charge in [-0.2, -0.15) is 0 Å². The summed E-state index contributed by atoms with van der Waals surface area (Å²) in [4.78, 5) is 0. The molecule has 0 aliphatic heterocycles. The van der Waals surface area contributed by atoms with E-state index in [1.807, 2.05) is 13.8 Å². The summed E-state index contributed by atoms with van der Waals surface area (Å²) in [7, 11) is 1.78. The van der Waals surface area contributed by atoms with Gasteiger partial charge >= 0.3 is 0 Å². The van der Waals surface area contributed by atoms with E-state index in [1.54, 1.807) is 7.05 Å². The van der Waals surface area contributed by atoms with Crippen molar-refractivity contribution >= 4 is 0 Å². The lowest BCUT2D eigenvalue weighted by atomic mass is 10.1. The Labute approximate surface area is 121 Å². The summed E-state index contributed by atoms with van der Waals surface area (Å²) in [6.07, 6.45) is 1.26. The summed E-state index contributed by atoms with van der Waals surface area (Å²) in [5.74, 6) is -2.97. The van der Waals surface area contributed by atoms with Crippen LogP contribution in [0.2, 0.25) is 0 Å². The predicted octanol–water partition coefficient (Wildman–Crippen LogP) is 2.92. The fourth-order valence-electron chi connectivity index (χ4n) is 2.37. The van der Waals surface area contributed by atoms with Gasteiger partial charge in [-0.05, 0) is 19.9 Å². The highest BCUT2D eigenvalue weighted by Gasteiger charge is 2.23. The molecule has 0 radical (unpaired) electrons. The van der Waals surface area contributed by atoms with Gasteiger partial charge in [0, 0.05) is 12.1 Å². The summed E-state index contributed by atoms with van der Waals surface area (Å²) in [5.41, 5.74) is 0.837. The predicted molar refractivity (Wildman–Crippen MR) is 72.7 cm³/mol. The van der Waals surface area contributed by atoms with Gasteiger partial charge in [-0.1, -0.05) is 19.1 Å². The Balaban J connectivity index is 2.61. The van der Waals surface area contributed by atoms with E-state index < -0.39 is 23.1 Å². The molecule has 0 aliphatic carbocycles. The number of hydrogen-bond donors (Lipinski definition) is 1. The third-order valence-corrected chi connectivity index (χ3v) is 3.41. The largest absolute Gasteiger partial charge is 0.312 e. The van der Waals surface area contributed by atoms with E-state index in [0.717, 1.165) is 11.1 Å². The van der Waals surface area contributed by atoms with Crippen LogP contribution in [0.3, 0.4) is 0 Å². The first-order valence-electron chi connectivity index (χ1n) is 6.80. The SMILES string of the molecule is CCc1c(C(CC)NC)nnn1-c1c(F)cc(F)cc1F. The quantitative estimate of drug-likeness (QED) is 0.923. The van der Waals surface area contributed by atoms with Crippen molar-refractivity contribution in [3.05, 3.63) is 41.0 Å². The maximum absolute atomic E-state index is 13.9. The number of hydrogen-bond acceptors (Lipinski definition) is 3. The zero-order chi connectivity index (χ0) is 15.6. The third kappa shape index (κ3) is 2.78. The van der Waals surface area contributed by atoms with E-state index in [1.165, 1.54) is 0 Å². The van der Waals surface area contributed by atoms with Crippen LogP contribution in [0, 0.1) is 17.5 Å². The molecule has 0 saturated carbocycles. The lowest BCUT2D eigenvalue weighted by Gasteiger charge is -2.13. The highest BCUT2D eigenvalue weighted by molar-refractivity contribution is 5.37. The first-order valence-corrected chi connectivity index (χ1v) is 6.80. The average molecular weight is 298 g/mol. The number of nitrogens with one attached hydrogen (secondary N) is 1. The third-order valence-electron chi connectivity index (χ3n) is 3.41. The molecular weight excluding hydrogens is 281 g/mol. The molecule has 0 saturated heterocycles. The molecule has 0 aliphatic rings. The lowest BCUT2D eigenvalue weighted by molar-refractivity contribution is 0.523. The van der Waals surface area contributed by atoms with Crippen LogP contribution in [0.15, 0.2) is 12.1 Å². The van der Waals surface area contributed by atoms with Crippen LogP contribution in [-0.2, 0) is 6.42 Å². The Morgan fingerprint density at radius 1 is 1.19 bits per heavy atom. The molecular formula is C14H17F3N4. The van der Waals surface area contributed by atoms with Gasteiger partial charge in [0.05, 0.1) is 11.7 Å². The van der Waals surface area contributed by atoms with Crippen LogP contribution in [0.5, 0.6) is 0 Å². The van der Waals surface area contributed by atoms with Gasteiger partial charge in [-0.25, -0.2) is 17.9 Å². The van der Waals surface area contributed by atoms with E-state index in [2.05, 4.69) is 15.6 Å². The first kappa shape index (κ1) is 15.5. The molecule has 2 aromatic rings. The van der Waals surface area contributed by atoms with E-state index in [-0.39, 0.29) is 6.04 Å². The zero-order valence-corrected chi connectivity index (χ0v) is 12.1. The molecule has 1 aromatic carbocycles. The summed E-state index contributed by atoms with van der Waals surface area (Å²) >= 11 is 0. The number of halogens is 3. The number of benzene rings is 1. The fourth-order valence-corrected chi connectivity index (χ4v) is 2.37. The van der Waals surface area contributed by atoms with E-state index in [0.29, 0.717) is 29.9 Å². The van der Waals surface area contributed by atoms with E-state index in [9.17, 15) is 13.2 Å². The number of nitrogens with zero attached hydrogens (tertiary/aromatic N) is 3. The van der Waals surface area contributed by atoms with Crippen molar-refractivity contribution in [2.24, 2.45) is 0 Å². The van der Waals surface area contributed by atoms with Gasteiger partial charge in [-0.15, -0.1) is 5.10 Å². The van der Waals surface area contributed by atoms with Crippen molar-refractivity contribution < 1.29 is 13.2 Å². The standard InChI is InChI=1S/C14H17F3N4/c1-4-11(18-3)13-12(5-2)21(20-19-13)14-9(16)6-8(15)7-10(14)17/h6-7,11,18H,4-5H2,1-3H3. The molecule has 114 valence electrons. The molecule has 1 aromatic heterocycles. The average Bonchev–Trinajstić information content (AvgIpc) is 2.83. The van der Waals surface area contributed by atoms with Gasteiger partial charge in [0.1, 0.15) is 17.2 Å². The minimum atomic E-state index is -1.00. The minimum absolute atomic E-state index is 0.0553. The molecule has 2 rings (SSSR count). The molecule has 0 fully saturated rings. The van der Waals surface area contributed by atoms with Gasteiger partial charge in [0.2, 0.25) is 0 Å². The highest BCUT2D eigenvalue weighted by atomic mass is 19.1. The van der Waals surface area contributed by atoms with Crippen molar-refractivity contribution in [1.82, 2.24) is 20.3 Å². The van der Waals surface area contributed by atoms with Crippen molar-refractivity contribution in [2.45, 2.75) is 32.7 Å². The molecule has 1 N–H and O–H groups in total. The van der Waals surface area contributed by atoms with Gasteiger partial charge in [-0.3, -0.25) is 0 Å². The normalized spacial score (nSPS) is 12.7. The minimum Gasteiger partial charge on any atom is -0.312 e. The fraction of sp³-hybridized carbons (Fsp3) is 0.429. The Hall–Kier alpha value is -1.89. The molecule has 1 atom stereocenters. The van der Waals surface area contributed by atoms with Crippen LogP contribution in [0.1, 0.15) is 37.7 Å². The second-order valence-electron chi connectivity index (χ2n) is 4.65. The number of rotatable bonds is 5. The molecule has 21 heavy (non-hydrogen) atoms. The van der Waals surface area contributed by atoms with Gasteiger partial charge < -0.3 is 5.32 Å². The molecule has 4 nitrogen and oxygen atoms in total. The molecule has 0 bridgehead atoms. The van der Waals surface area contributed by atoms with Crippen molar-refractivity contribution in [3.8, 4) is 5.69 Å². The van der Waals surface area contributed by atoms with Gasteiger partial charge in [0.15, 0.2) is 11.6 Å². The topological polar surface area (TPSA) is 42.7 Å². The van der Waals surface area contributed by atoms with Crippen molar-refractivity contribution in [1.29, 1.82) is 0 Å². The second-order valence-corrected chi connectivity index (χ2v) is 4.65. The molecule has 1 unspecified atom stereocenters. The van der Waals surface area contributed by atoms with Crippen molar-refractivity contribution in [2.75, 3.05) is 7.05 Å². The monoisotopic (exact) mass is 298 g/mol. The Bertz CT molecular complexity index is 612. The number of aromatic nitrogens is 3. The maximum atomic E-state index is 13.9. The first-order chi connectivity index (χ1) is 10.0. The summed E-state index contributed by atoms with van der Waals surface area (Å²) in [5, 5.41) is 11.0. The lowest BCUT2D eigenvalue weighted by Crippen LogP contribution is -2.18. The summed E-state index contributed by atoms with van der Waals surface area (Å²) in [6.45, 7) is 3.82.